The summed E-state index contributed by atoms with van der Waals surface area (Å²) in [6.45, 7) is 15.5. The number of nitrogens with one attached hydrogen (secondary N) is 2. The van der Waals surface area contributed by atoms with Crippen molar-refractivity contribution >= 4 is 63.6 Å². The van der Waals surface area contributed by atoms with Gasteiger partial charge in [0.15, 0.2) is 0 Å². The van der Waals surface area contributed by atoms with Crippen molar-refractivity contribution in [2.24, 2.45) is 0 Å². The second kappa shape index (κ2) is 14.8. The zero-order chi connectivity index (χ0) is 33.9. The number of piperidine rings is 1. The van der Waals surface area contributed by atoms with Crippen LogP contribution in [-0.2, 0) is 0 Å². The zero-order valence-corrected chi connectivity index (χ0v) is 30.0. The Hall–Kier alpha value is -4.13. The number of rotatable bonds is 12. The molecule has 1 saturated carbocycles. The third kappa shape index (κ3) is 7.27. The average Bonchev–Trinajstić information content (AvgIpc) is 3.97. The van der Waals surface area contributed by atoms with Gasteiger partial charge in [-0.3, -0.25) is 14.9 Å². The number of nitrogens with zero attached hydrogens (tertiary/aromatic N) is 8. The Balaban J connectivity index is 1.13. The number of fused-ring (bicyclic) bond motifs is 1. The van der Waals surface area contributed by atoms with Crippen molar-refractivity contribution in [1.82, 2.24) is 29.7 Å². The molecule has 2 aliphatic heterocycles. The van der Waals surface area contributed by atoms with E-state index in [1.54, 1.807) is 24.3 Å². The lowest BCUT2D eigenvalue weighted by molar-refractivity contribution is 0.0982. The number of ether oxygens (including phenoxy) is 1. The number of benzene rings is 2. The normalized spacial score (nSPS) is 17.7. The van der Waals surface area contributed by atoms with Crippen LogP contribution in [-0.4, -0.2) is 101 Å². The maximum Gasteiger partial charge on any atom is 0.229 e. The summed E-state index contributed by atoms with van der Waals surface area (Å²) < 4.78 is 8.57. The van der Waals surface area contributed by atoms with E-state index in [0.717, 1.165) is 95.5 Å². The molecule has 0 amide bonds. The van der Waals surface area contributed by atoms with Crippen LogP contribution in [0.25, 0.3) is 17.1 Å². The Bertz CT molecular complexity index is 1780. The van der Waals surface area contributed by atoms with E-state index in [1.165, 1.54) is 25.9 Å². The quantitative estimate of drug-likeness (QED) is 0.156. The molecule has 7 rings (SSSR count). The average molecular weight is 681 g/mol. The zero-order valence-electron chi connectivity index (χ0n) is 29.2. The summed E-state index contributed by atoms with van der Waals surface area (Å²) >= 11 is 1.72. The fourth-order valence-corrected chi connectivity index (χ4v) is 7.89. The second-order valence-electron chi connectivity index (χ2n) is 13.2. The van der Waals surface area contributed by atoms with Crippen molar-refractivity contribution in [2.45, 2.75) is 51.6 Å². The molecule has 12 heteroatoms. The van der Waals surface area contributed by atoms with Gasteiger partial charge in [0.2, 0.25) is 5.95 Å². The van der Waals surface area contributed by atoms with Gasteiger partial charge in [-0.05, 0) is 70.3 Å². The number of aromatic nitrogens is 4. The molecule has 2 saturated heterocycles. The molecule has 0 atom stereocenters. The van der Waals surface area contributed by atoms with Crippen molar-refractivity contribution in [1.29, 1.82) is 0 Å². The number of hydrogen-bond acceptors (Lipinski definition) is 12. The first-order valence-corrected chi connectivity index (χ1v) is 18.7. The Morgan fingerprint density at radius 2 is 1.76 bits per heavy atom. The van der Waals surface area contributed by atoms with Gasteiger partial charge in [0.1, 0.15) is 17.1 Å². The monoisotopic (exact) mass is 680 g/mol. The molecule has 0 spiro atoms. The summed E-state index contributed by atoms with van der Waals surface area (Å²) in [4.78, 5) is 26.6. The molecule has 0 unspecified atom stereocenters. The first-order valence-electron chi connectivity index (χ1n) is 17.5. The van der Waals surface area contributed by atoms with Crippen LogP contribution in [0.5, 0.6) is 5.75 Å². The highest BCUT2D eigenvalue weighted by Gasteiger charge is 2.32. The summed E-state index contributed by atoms with van der Waals surface area (Å²) in [5, 5.41) is 7.10. The van der Waals surface area contributed by atoms with E-state index in [0.29, 0.717) is 24.6 Å². The summed E-state index contributed by atoms with van der Waals surface area (Å²) in [6, 6.07) is 9.49. The number of anilines is 6. The minimum absolute atomic E-state index is 0.481. The topological polar surface area (TPSA) is 97.8 Å². The van der Waals surface area contributed by atoms with E-state index in [9.17, 15) is 0 Å². The van der Waals surface area contributed by atoms with E-state index < -0.39 is 0 Å². The fraction of sp³-hybridized carbons (Fsp3) is 0.459. The lowest BCUT2D eigenvalue weighted by atomic mass is 10.00. The van der Waals surface area contributed by atoms with Crippen LogP contribution in [0, 0.1) is 6.92 Å². The standard InChI is InChI=1S/C37H48N10OS/c1-6-26-22-31(33(48-7-2)23-32(26)46-16-12-27(13-17-46)45-20-18-44(4)19-21-45)42-37-40-24-25(3)36(43-37)41-30-11-10-29-34(39-15-14-38-29)35(30)47(49-5)28-8-9-28/h6,10-11,14-15,22-24,27-28H,1,7-9,12-13,16-21H2,2-5H3,(H2,40,41,42,43). The van der Waals surface area contributed by atoms with Crippen molar-refractivity contribution in [3.8, 4) is 5.75 Å². The van der Waals surface area contributed by atoms with E-state index in [-0.39, 0.29) is 0 Å². The van der Waals surface area contributed by atoms with Crippen LogP contribution in [0.4, 0.5) is 34.5 Å². The predicted octanol–water partition coefficient (Wildman–Crippen LogP) is 6.72. The van der Waals surface area contributed by atoms with Crippen LogP contribution in [0.1, 0.15) is 43.7 Å². The van der Waals surface area contributed by atoms with Gasteiger partial charge in [0.25, 0.3) is 0 Å². The van der Waals surface area contributed by atoms with Crippen LogP contribution in [0.3, 0.4) is 0 Å². The maximum atomic E-state index is 6.21. The Morgan fingerprint density at radius 1 is 0.980 bits per heavy atom. The molecule has 49 heavy (non-hydrogen) atoms. The number of aryl methyl sites for hydroxylation is 1. The number of piperazine rings is 1. The molecular weight excluding hydrogens is 633 g/mol. The van der Waals surface area contributed by atoms with Crippen molar-refractivity contribution in [3.05, 3.63) is 60.6 Å². The van der Waals surface area contributed by atoms with Crippen LogP contribution < -0.4 is 24.6 Å². The molecule has 4 heterocycles. The molecule has 0 bridgehead atoms. The molecule has 258 valence electrons. The summed E-state index contributed by atoms with van der Waals surface area (Å²) in [5.41, 5.74) is 7.69. The molecule has 2 N–H and O–H groups in total. The summed E-state index contributed by atoms with van der Waals surface area (Å²) in [5.74, 6) is 1.98. The Morgan fingerprint density at radius 3 is 2.47 bits per heavy atom. The van der Waals surface area contributed by atoms with E-state index >= 15 is 0 Å². The smallest absolute Gasteiger partial charge is 0.229 e. The fourth-order valence-electron chi connectivity index (χ4n) is 7.01. The van der Waals surface area contributed by atoms with Crippen molar-refractivity contribution < 1.29 is 4.74 Å². The van der Waals surface area contributed by atoms with E-state index in [2.05, 4.69) is 77.7 Å². The van der Waals surface area contributed by atoms with Crippen molar-refractivity contribution in [2.75, 3.05) is 79.0 Å². The molecule has 0 radical (unpaired) electrons. The first-order chi connectivity index (χ1) is 23.9. The molecule has 2 aromatic carbocycles. The lowest BCUT2D eigenvalue weighted by Gasteiger charge is -2.43. The van der Waals surface area contributed by atoms with E-state index in [4.69, 9.17) is 14.7 Å². The van der Waals surface area contributed by atoms with Gasteiger partial charge in [0, 0.05) is 93.5 Å². The minimum Gasteiger partial charge on any atom is -0.492 e. The maximum absolute atomic E-state index is 6.21. The molecule has 3 fully saturated rings. The van der Waals surface area contributed by atoms with Crippen LogP contribution in [0.2, 0.25) is 0 Å². The Labute approximate surface area is 294 Å². The molecular formula is C37H48N10OS. The van der Waals surface area contributed by atoms with Crippen LogP contribution in [0.15, 0.2) is 49.4 Å². The highest BCUT2D eigenvalue weighted by atomic mass is 32.2. The van der Waals surface area contributed by atoms with Gasteiger partial charge in [0.05, 0.1) is 29.2 Å². The number of hydrogen-bond donors (Lipinski definition) is 2. The molecule has 2 aromatic heterocycles. The number of likely N-dealkylation sites (N-methyl/N-ethyl adjacent to an activating group) is 1. The highest BCUT2D eigenvalue weighted by Crippen LogP contribution is 2.44. The molecule has 11 nitrogen and oxygen atoms in total. The SMILES string of the molecule is C=Cc1cc(Nc2ncc(C)c(Nc3ccc4nccnc4c3N(SC)C3CC3)n2)c(OCC)cc1N1CCC(N2CCN(C)CC2)CC1. The molecule has 3 aliphatic rings. The Kier molecular flexibility index (Phi) is 10.1. The lowest BCUT2D eigenvalue weighted by Crippen LogP contribution is -2.52. The minimum atomic E-state index is 0.481. The summed E-state index contributed by atoms with van der Waals surface area (Å²) in [6.07, 6.45) is 14.1. The highest BCUT2D eigenvalue weighted by molar-refractivity contribution is 8.00. The predicted molar refractivity (Wildman–Crippen MR) is 204 cm³/mol. The van der Waals surface area contributed by atoms with E-state index in [1.807, 2.05) is 32.2 Å². The summed E-state index contributed by atoms with van der Waals surface area (Å²) in [7, 11) is 2.22. The van der Waals surface area contributed by atoms with Gasteiger partial charge in [-0.25, -0.2) is 4.98 Å². The first kappa shape index (κ1) is 33.4. The van der Waals surface area contributed by atoms with Gasteiger partial charge in [-0.2, -0.15) is 4.98 Å². The van der Waals surface area contributed by atoms with Gasteiger partial charge in [-0.1, -0.05) is 24.6 Å². The van der Waals surface area contributed by atoms with Crippen molar-refractivity contribution in [3.63, 3.8) is 0 Å². The van der Waals surface area contributed by atoms with Gasteiger partial charge < -0.3 is 29.5 Å². The van der Waals surface area contributed by atoms with Crippen LogP contribution >= 0.6 is 11.9 Å². The third-order valence-corrected chi connectivity index (χ3v) is 10.8. The van der Waals surface area contributed by atoms with Gasteiger partial charge >= 0.3 is 0 Å². The largest absolute Gasteiger partial charge is 0.492 e. The third-order valence-electron chi connectivity index (χ3n) is 9.89. The second-order valence-corrected chi connectivity index (χ2v) is 14.0. The molecule has 1 aliphatic carbocycles. The van der Waals surface area contributed by atoms with Gasteiger partial charge in [-0.15, -0.1) is 0 Å². The molecule has 4 aromatic rings.